The topological polar surface area (TPSA) is 0 Å². The third-order valence-corrected chi connectivity index (χ3v) is 4.29. The lowest BCUT2D eigenvalue weighted by atomic mass is 9.82. The Balaban J connectivity index is 3.87. The molecular formula is C16H34. The summed E-state index contributed by atoms with van der Waals surface area (Å²) in [5.41, 5.74) is 0. The fourth-order valence-corrected chi connectivity index (χ4v) is 2.96. The Morgan fingerprint density at radius 3 is 1.75 bits per heavy atom. The second kappa shape index (κ2) is 10.2. The molecule has 0 aromatic heterocycles. The third-order valence-electron chi connectivity index (χ3n) is 4.29. The van der Waals surface area contributed by atoms with Gasteiger partial charge in [0.05, 0.1) is 0 Å². The summed E-state index contributed by atoms with van der Waals surface area (Å²) in [6, 6.07) is 0. The van der Waals surface area contributed by atoms with Crippen molar-refractivity contribution >= 4 is 0 Å². The molecule has 3 atom stereocenters. The molecule has 0 aliphatic rings. The molecule has 0 fully saturated rings. The van der Waals surface area contributed by atoms with Crippen LogP contribution in [0.1, 0.15) is 86.0 Å². The van der Waals surface area contributed by atoms with E-state index in [9.17, 15) is 0 Å². The summed E-state index contributed by atoms with van der Waals surface area (Å²) in [7, 11) is 0. The van der Waals surface area contributed by atoms with Crippen molar-refractivity contribution < 1.29 is 0 Å². The first-order valence-electron chi connectivity index (χ1n) is 7.69. The van der Waals surface area contributed by atoms with Crippen LogP contribution >= 0.6 is 0 Å². The minimum atomic E-state index is 0.941. The van der Waals surface area contributed by atoms with Gasteiger partial charge in [0.2, 0.25) is 0 Å². The molecule has 0 heterocycles. The zero-order valence-corrected chi connectivity index (χ0v) is 12.4. The summed E-state index contributed by atoms with van der Waals surface area (Å²) in [5, 5.41) is 0. The largest absolute Gasteiger partial charge is 0.0654 e. The smallest absolute Gasteiger partial charge is 0.0391 e. The van der Waals surface area contributed by atoms with Crippen LogP contribution in [0.4, 0.5) is 0 Å². The molecule has 3 unspecified atom stereocenters. The first kappa shape index (κ1) is 16.0. The van der Waals surface area contributed by atoms with Crippen molar-refractivity contribution in [2.75, 3.05) is 0 Å². The highest BCUT2D eigenvalue weighted by Crippen LogP contribution is 2.28. The second-order valence-electron chi connectivity index (χ2n) is 5.57. The summed E-state index contributed by atoms with van der Waals surface area (Å²) in [4.78, 5) is 0. The van der Waals surface area contributed by atoms with Crippen molar-refractivity contribution in [3.05, 3.63) is 0 Å². The van der Waals surface area contributed by atoms with Crippen LogP contribution in [-0.2, 0) is 0 Å². The van der Waals surface area contributed by atoms with Gasteiger partial charge in [-0.05, 0) is 17.8 Å². The maximum Gasteiger partial charge on any atom is -0.0391 e. The van der Waals surface area contributed by atoms with Gasteiger partial charge in [0.15, 0.2) is 0 Å². The van der Waals surface area contributed by atoms with Gasteiger partial charge < -0.3 is 0 Å². The van der Waals surface area contributed by atoms with Crippen molar-refractivity contribution in [3.63, 3.8) is 0 Å². The molecule has 0 N–H and O–H groups in total. The molecule has 0 aliphatic heterocycles. The summed E-state index contributed by atoms with van der Waals surface area (Å²) >= 11 is 0. The first-order chi connectivity index (χ1) is 7.69. The van der Waals surface area contributed by atoms with E-state index in [0.29, 0.717) is 0 Å². The highest BCUT2D eigenvalue weighted by molar-refractivity contribution is 4.67. The molecule has 0 radical (unpaired) electrons. The van der Waals surface area contributed by atoms with E-state index >= 15 is 0 Å². The van der Waals surface area contributed by atoms with E-state index in [1.165, 1.54) is 51.4 Å². The molecule has 0 bridgehead atoms. The van der Waals surface area contributed by atoms with Crippen LogP contribution in [-0.4, -0.2) is 0 Å². The van der Waals surface area contributed by atoms with Crippen LogP contribution in [0, 0.1) is 17.8 Å². The Morgan fingerprint density at radius 1 is 0.688 bits per heavy atom. The molecule has 16 heavy (non-hydrogen) atoms. The molecule has 0 aromatic rings. The Kier molecular flexibility index (Phi) is 10.2. The van der Waals surface area contributed by atoms with E-state index in [-0.39, 0.29) is 0 Å². The summed E-state index contributed by atoms with van der Waals surface area (Å²) in [6.07, 6.45) is 11.3. The maximum atomic E-state index is 2.47. The molecular weight excluding hydrogens is 192 g/mol. The summed E-state index contributed by atoms with van der Waals surface area (Å²) in [5.74, 6) is 2.91. The van der Waals surface area contributed by atoms with Gasteiger partial charge in [-0.3, -0.25) is 0 Å². The molecule has 0 saturated carbocycles. The van der Waals surface area contributed by atoms with E-state index in [0.717, 1.165) is 17.8 Å². The Morgan fingerprint density at radius 2 is 1.31 bits per heavy atom. The Labute approximate surface area is 104 Å². The Bertz CT molecular complexity index is 139. The van der Waals surface area contributed by atoms with Crippen molar-refractivity contribution in [2.45, 2.75) is 86.0 Å². The van der Waals surface area contributed by atoms with Gasteiger partial charge in [0.1, 0.15) is 0 Å². The molecule has 0 saturated heterocycles. The normalized spacial score (nSPS) is 17.1. The lowest BCUT2D eigenvalue weighted by Crippen LogP contribution is -2.12. The zero-order valence-electron chi connectivity index (χ0n) is 12.4. The molecule has 0 rings (SSSR count). The highest BCUT2D eigenvalue weighted by Gasteiger charge is 2.16. The van der Waals surface area contributed by atoms with Crippen LogP contribution in [0.2, 0.25) is 0 Å². The van der Waals surface area contributed by atoms with E-state index in [4.69, 9.17) is 0 Å². The quantitative estimate of drug-likeness (QED) is 0.425. The van der Waals surface area contributed by atoms with Crippen molar-refractivity contribution in [2.24, 2.45) is 17.8 Å². The second-order valence-corrected chi connectivity index (χ2v) is 5.57. The predicted molar refractivity (Wildman–Crippen MR) is 75.8 cm³/mol. The summed E-state index contributed by atoms with van der Waals surface area (Å²) in [6.45, 7) is 11.8. The third kappa shape index (κ3) is 6.55. The monoisotopic (exact) mass is 226 g/mol. The van der Waals surface area contributed by atoms with Crippen molar-refractivity contribution in [1.29, 1.82) is 0 Å². The highest BCUT2D eigenvalue weighted by atomic mass is 14.2. The van der Waals surface area contributed by atoms with E-state index in [1.807, 2.05) is 0 Å². The number of hydrogen-bond donors (Lipinski definition) is 0. The molecule has 0 heteroatoms. The van der Waals surface area contributed by atoms with Crippen LogP contribution in [0.3, 0.4) is 0 Å². The molecule has 0 nitrogen and oxygen atoms in total. The van der Waals surface area contributed by atoms with Crippen LogP contribution in [0.5, 0.6) is 0 Å². The van der Waals surface area contributed by atoms with E-state index in [2.05, 4.69) is 34.6 Å². The Hall–Kier alpha value is 0. The van der Waals surface area contributed by atoms with Gasteiger partial charge in [0, 0.05) is 0 Å². The van der Waals surface area contributed by atoms with Crippen molar-refractivity contribution in [1.82, 2.24) is 0 Å². The molecule has 98 valence electrons. The van der Waals surface area contributed by atoms with Gasteiger partial charge in [-0.25, -0.2) is 0 Å². The maximum absolute atomic E-state index is 2.47. The SMILES string of the molecule is CCCC(CC)CCC(C)C(CC)CCC. The van der Waals surface area contributed by atoms with E-state index in [1.54, 1.807) is 0 Å². The van der Waals surface area contributed by atoms with Gasteiger partial charge in [-0.15, -0.1) is 0 Å². The summed E-state index contributed by atoms with van der Waals surface area (Å²) < 4.78 is 0. The van der Waals surface area contributed by atoms with Crippen molar-refractivity contribution in [3.8, 4) is 0 Å². The van der Waals surface area contributed by atoms with Gasteiger partial charge in [-0.1, -0.05) is 86.0 Å². The molecule has 0 aliphatic carbocycles. The minimum Gasteiger partial charge on any atom is -0.0654 e. The lowest BCUT2D eigenvalue weighted by Gasteiger charge is -2.24. The van der Waals surface area contributed by atoms with Gasteiger partial charge >= 0.3 is 0 Å². The molecule has 0 amide bonds. The predicted octanol–water partition coefficient (Wildman–Crippen LogP) is 6.06. The minimum absolute atomic E-state index is 0.941. The number of hydrogen-bond acceptors (Lipinski definition) is 0. The van der Waals surface area contributed by atoms with Crippen LogP contribution in [0.15, 0.2) is 0 Å². The first-order valence-corrected chi connectivity index (χ1v) is 7.69. The molecule has 0 aromatic carbocycles. The average Bonchev–Trinajstić information content (AvgIpc) is 2.30. The van der Waals surface area contributed by atoms with Crippen LogP contribution < -0.4 is 0 Å². The average molecular weight is 226 g/mol. The molecule has 0 spiro atoms. The standard InChI is InChI=1S/C16H34/c1-6-10-15(8-3)13-12-14(5)16(9-4)11-7-2/h14-16H,6-13H2,1-5H3. The van der Waals surface area contributed by atoms with E-state index < -0.39 is 0 Å². The van der Waals surface area contributed by atoms with Gasteiger partial charge in [0.25, 0.3) is 0 Å². The van der Waals surface area contributed by atoms with Crippen LogP contribution in [0.25, 0.3) is 0 Å². The van der Waals surface area contributed by atoms with Gasteiger partial charge in [-0.2, -0.15) is 0 Å². The number of rotatable bonds is 10. The fourth-order valence-electron chi connectivity index (χ4n) is 2.96. The fraction of sp³-hybridized carbons (Fsp3) is 1.00. The lowest BCUT2D eigenvalue weighted by molar-refractivity contribution is 0.275. The zero-order chi connectivity index (χ0) is 12.4.